The molecule has 2 aromatic carbocycles. The van der Waals surface area contributed by atoms with E-state index in [0.717, 1.165) is 11.1 Å². The quantitative estimate of drug-likeness (QED) is 0.509. The Hall–Kier alpha value is -2.31. The molecule has 1 aliphatic rings. The summed E-state index contributed by atoms with van der Waals surface area (Å²) in [6.07, 6.45) is 0.597. The van der Waals surface area contributed by atoms with E-state index < -0.39 is 18.2 Å². The van der Waals surface area contributed by atoms with Gasteiger partial charge >= 0.3 is 5.97 Å². The summed E-state index contributed by atoms with van der Waals surface area (Å²) in [5, 5.41) is 10.4. The van der Waals surface area contributed by atoms with Crippen LogP contribution in [-0.2, 0) is 16.0 Å². The zero-order valence-corrected chi connectivity index (χ0v) is 17.0. The number of hydrogen-bond donors (Lipinski definition) is 1. The van der Waals surface area contributed by atoms with E-state index in [2.05, 4.69) is 0 Å². The van der Waals surface area contributed by atoms with E-state index in [0.29, 0.717) is 42.4 Å². The molecule has 0 bridgehead atoms. The maximum absolute atomic E-state index is 12.9. The third kappa shape index (κ3) is 6.34. The number of hydrogen-bond acceptors (Lipinski definition) is 5. The normalized spacial score (nSPS) is 19.0. The Morgan fingerprint density at radius 3 is 2.72 bits per heavy atom. The predicted molar refractivity (Wildman–Crippen MR) is 107 cm³/mol. The second kappa shape index (κ2) is 9.94. The summed E-state index contributed by atoms with van der Waals surface area (Å²) < 4.78 is 29.8. The van der Waals surface area contributed by atoms with E-state index in [-0.39, 0.29) is 18.8 Å². The Balaban J connectivity index is 1.57. The zero-order valence-electron chi connectivity index (χ0n) is 16.2. The minimum absolute atomic E-state index is 0.0236. The Morgan fingerprint density at radius 1 is 1.24 bits per heavy atom. The van der Waals surface area contributed by atoms with E-state index in [9.17, 15) is 14.3 Å². The van der Waals surface area contributed by atoms with Gasteiger partial charge in [0, 0.05) is 11.4 Å². The first-order valence-electron chi connectivity index (χ1n) is 9.58. The van der Waals surface area contributed by atoms with Gasteiger partial charge in [-0.05, 0) is 67.3 Å². The topological polar surface area (TPSA) is 65.0 Å². The number of esters is 1. The van der Waals surface area contributed by atoms with Gasteiger partial charge in [-0.2, -0.15) is 0 Å². The van der Waals surface area contributed by atoms with Crippen molar-refractivity contribution in [3.63, 3.8) is 0 Å². The number of aliphatic hydroxyl groups is 1. The van der Waals surface area contributed by atoms with Crippen molar-refractivity contribution in [2.45, 2.75) is 44.8 Å². The summed E-state index contributed by atoms with van der Waals surface area (Å²) >= 11 is 6.21. The first-order valence-corrected chi connectivity index (χ1v) is 9.96. The lowest BCUT2D eigenvalue weighted by atomic mass is 10.0. The van der Waals surface area contributed by atoms with Gasteiger partial charge in [-0.1, -0.05) is 11.6 Å². The molecular formula is C22H24ClFO5. The molecule has 1 heterocycles. The number of aliphatic hydroxyl groups excluding tert-OH is 1. The molecule has 0 spiro atoms. The van der Waals surface area contributed by atoms with Crippen molar-refractivity contribution in [1.29, 1.82) is 0 Å². The Kier molecular flexibility index (Phi) is 7.34. The van der Waals surface area contributed by atoms with Gasteiger partial charge in [0.1, 0.15) is 30.0 Å². The molecule has 29 heavy (non-hydrogen) atoms. The van der Waals surface area contributed by atoms with Gasteiger partial charge in [0.15, 0.2) is 0 Å². The average Bonchev–Trinajstić information content (AvgIpc) is 2.65. The Morgan fingerprint density at radius 2 is 2.00 bits per heavy atom. The highest BCUT2D eigenvalue weighted by Gasteiger charge is 2.28. The summed E-state index contributed by atoms with van der Waals surface area (Å²) in [5.74, 6) is 0.600. The third-order valence-electron chi connectivity index (χ3n) is 4.64. The standard InChI is InChI=1S/C22H24ClFO5/c1-14-9-16(23)10-15(3-2-8-27-19-6-4-17(24)5-7-19)22(14)28-13-20-11-18(25)12-21(26)29-20/h4-7,9-10,18,20,25H,2-3,8,11-13H2,1H3/t18-,20+/m1/s1. The first-order chi connectivity index (χ1) is 13.9. The number of halogens is 2. The van der Waals surface area contributed by atoms with Crippen molar-refractivity contribution < 1.29 is 28.5 Å². The van der Waals surface area contributed by atoms with E-state index in [1.54, 1.807) is 12.1 Å². The van der Waals surface area contributed by atoms with Crippen molar-refractivity contribution in [1.82, 2.24) is 0 Å². The van der Waals surface area contributed by atoms with Crippen molar-refractivity contribution in [2.24, 2.45) is 0 Å². The van der Waals surface area contributed by atoms with E-state index in [1.807, 2.05) is 19.1 Å². The molecule has 5 nitrogen and oxygen atoms in total. The monoisotopic (exact) mass is 422 g/mol. The van der Waals surface area contributed by atoms with Crippen molar-refractivity contribution in [3.05, 3.63) is 58.4 Å². The molecule has 1 saturated heterocycles. The summed E-state index contributed by atoms with van der Waals surface area (Å²) in [5.41, 5.74) is 1.81. The highest BCUT2D eigenvalue weighted by atomic mass is 35.5. The molecule has 1 aliphatic heterocycles. The maximum atomic E-state index is 12.9. The van der Waals surface area contributed by atoms with Crippen LogP contribution in [0.2, 0.25) is 5.02 Å². The van der Waals surface area contributed by atoms with Gasteiger partial charge in [-0.3, -0.25) is 4.79 Å². The second-order valence-corrected chi connectivity index (χ2v) is 7.57. The van der Waals surface area contributed by atoms with Crippen LogP contribution in [0.3, 0.4) is 0 Å². The molecule has 0 aromatic heterocycles. The molecule has 2 aromatic rings. The fraction of sp³-hybridized carbons (Fsp3) is 0.409. The summed E-state index contributed by atoms with van der Waals surface area (Å²) in [6.45, 7) is 2.54. The van der Waals surface area contributed by atoms with Gasteiger partial charge in [0.2, 0.25) is 0 Å². The Labute approximate surface area is 174 Å². The zero-order chi connectivity index (χ0) is 20.8. The lowest BCUT2D eigenvalue weighted by Gasteiger charge is -2.26. The molecule has 0 amide bonds. The minimum atomic E-state index is -0.695. The lowest BCUT2D eigenvalue weighted by molar-refractivity contribution is -0.162. The number of aryl methyl sites for hydroxylation is 2. The largest absolute Gasteiger partial charge is 0.494 e. The number of benzene rings is 2. The van der Waals surface area contributed by atoms with Crippen LogP contribution in [-0.4, -0.2) is 36.5 Å². The summed E-state index contributed by atoms with van der Waals surface area (Å²) in [7, 11) is 0. The molecule has 3 rings (SSSR count). The highest BCUT2D eigenvalue weighted by molar-refractivity contribution is 6.30. The van der Waals surface area contributed by atoms with E-state index >= 15 is 0 Å². The van der Waals surface area contributed by atoms with Crippen LogP contribution in [0.5, 0.6) is 11.5 Å². The van der Waals surface area contributed by atoms with Gasteiger partial charge in [0.05, 0.1) is 19.1 Å². The van der Waals surface area contributed by atoms with Crippen molar-refractivity contribution in [2.75, 3.05) is 13.2 Å². The molecule has 0 radical (unpaired) electrons. The van der Waals surface area contributed by atoms with Crippen LogP contribution in [0, 0.1) is 12.7 Å². The Bertz CT molecular complexity index is 840. The van der Waals surface area contributed by atoms with E-state index in [1.165, 1.54) is 12.1 Å². The number of cyclic esters (lactones) is 1. The lowest BCUT2D eigenvalue weighted by Crippen LogP contribution is -2.36. The SMILES string of the molecule is Cc1cc(Cl)cc(CCCOc2ccc(F)cc2)c1OC[C@@H]1C[C@@H](O)CC(=O)O1. The summed E-state index contributed by atoms with van der Waals surface area (Å²) in [4.78, 5) is 11.5. The maximum Gasteiger partial charge on any atom is 0.308 e. The van der Waals surface area contributed by atoms with Crippen LogP contribution in [0.4, 0.5) is 4.39 Å². The first kappa shape index (κ1) is 21.4. The second-order valence-electron chi connectivity index (χ2n) is 7.13. The van der Waals surface area contributed by atoms with Crippen LogP contribution in [0.25, 0.3) is 0 Å². The predicted octanol–water partition coefficient (Wildman–Crippen LogP) is 4.24. The molecule has 1 N–H and O–H groups in total. The van der Waals surface area contributed by atoms with Crippen molar-refractivity contribution >= 4 is 17.6 Å². The van der Waals surface area contributed by atoms with Gasteiger partial charge in [-0.25, -0.2) is 4.39 Å². The molecule has 0 aliphatic carbocycles. The molecule has 0 saturated carbocycles. The van der Waals surface area contributed by atoms with Crippen LogP contribution in [0.1, 0.15) is 30.4 Å². The molecule has 156 valence electrons. The average molecular weight is 423 g/mol. The smallest absolute Gasteiger partial charge is 0.308 e. The number of ether oxygens (including phenoxy) is 3. The number of carbonyl (C=O) groups is 1. The van der Waals surface area contributed by atoms with Crippen LogP contribution >= 0.6 is 11.6 Å². The molecular weight excluding hydrogens is 399 g/mol. The van der Waals surface area contributed by atoms with Crippen molar-refractivity contribution in [3.8, 4) is 11.5 Å². The fourth-order valence-electron chi connectivity index (χ4n) is 3.31. The van der Waals surface area contributed by atoms with Crippen LogP contribution < -0.4 is 9.47 Å². The van der Waals surface area contributed by atoms with Gasteiger partial charge in [-0.15, -0.1) is 0 Å². The fourth-order valence-corrected chi connectivity index (χ4v) is 3.61. The molecule has 7 heteroatoms. The summed E-state index contributed by atoms with van der Waals surface area (Å²) in [6, 6.07) is 9.56. The molecule has 0 unspecified atom stereocenters. The molecule has 2 atom stereocenters. The minimum Gasteiger partial charge on any atom is -0.494 e. The third-order valence-corrected chi connectivity index (χ3v) is 4.86. The van der Waals surface area contributed by atoms with Gasteiger partial charge in [0.25, 0.3) is 0 Å². The van der Waals surface area contributed by atoms with E-state index in [4.69, 9.17) is 25.8 Å². The van der Waals surface area contributed by atoms with Crippen LogP contribution in [0.15, 0.2) is 36.4 Å². The molecule has 1 fully saturated rings. The number of rotatable bonds is 8. The number of carbonyl (C=O) groups excluding carboxylic acids is 1. The highest BCUT2D eigenvalue weighted by Crippen LogP contribution is 2.30. The van der Waals surface area contributed by atoms with Gasteiger partial charge < -0.3 is 19.3 Å².